The smallest absolute Gasteiger partial charge is 0.328 e. The third-order valence-corrected chi connectivity index (χ3v) is 6.55. The highest BCUT2D eigenvalue weighted by atomic mass is 16.5. The standard InChI is InChI=1S/C24H31NO5/c1-4-29-21-14-18-11-15(2)30-22(18)13-17(21)9-10-23(26)25-19-8-6-5-7-16(19)12-20(25)24(27)28-3/h9-10,13-16,19-20H,4-8,11-12H2,1-3H3/b10-9+. The van der Waals surface area contributed by atoms with Gasteiger partial charge < -0.3 is 19.1 Å². The summed E-state index contributed by atoms with van der Waals surface area (Å²) in [5, 5.41) is 0. The van der Waals surface area contributed by atoms with Gasteiger partial charge in [-0.15, -0.1) is 0 Å². The van der Waals surface area contributed by atoms with E-state index >= 15 is 0 Å². The summed E-state index contributed by atoms with van der Waals surface area (Å²) < 4.78 is 16.7. The van der Waals surface area contributed by atoms with E-state index in [4.69, 9.17) is 14.2 Å². The first kappa shape index (κ1) is 20.8. The number of ether oxygens (including phenoxy) is 3. The minimum absolute atomic E-state index is 0.121. The van der Waals surface area contributed by atoms with Crippen LogP contribution in [-0.2, 0) is 20.7 Å². The van der Waals surface area contributed by atoms with Gasteiger partial charge in [0.2, 0.25) is 5.91 Å². The van der Waals surface area contributed by atoms with Crippen molar-refractivity contribution in [1.82, 2.24) is 4.90 Å². The van der Waals surface area contributed by atoms with Crippen LogP contribution in [0.3, 0.4) is 0 Å². The van der Waals surface area contributed by atoms with Crippen molar-refractivity contribution in [2.75, 3.05) is 13.7 Å². The molecule has 3 aliphatic rings. The van der Waals surface area contributed by atoms with Crippen molar-refractivity contribution in [2.24, 2.45) is 5.92 Å². The number of nitrogens with zero attached hydrogens (tertiary/aromatic N) is 1. The average Bonchev–Trinajstić information content (AvgIpc) is 3.30. The topological polar surface area (TPSA) is 65.1 Å². The molecule has 30 heavy (non-hydrogen) atoms. The van der Waals surface area contributed by atoms with Crippen LogP contribution in [0.4, 0.5) is 0 Å². The summed E-state index contributed by atoms with van der Waals surface area (Å²) >= 11 is 0. The molecule has 0 spiro atoms. The summed E-state index contributed by atoms with van der Waals surface area (Å²) in [5.41, 5.74) is 1.94. The van der Waals surface area contributed by atoms with Crippen molar-refractivity contribution < 1.29 is 23.8 Å². The van der Waals surface area contributed by atoms with Crippen molar-refractivity contribution in [2.45, 2.75) is 70.6 Å². The van der Waals surface area contributed by atoms with E-state index in [0.717, 1.165) is 54.7 Å². The Kier molecular flexibility index (Phi) is 6.02. The Morgan fingerprint density at radius 2 is 2.07 bits per heavy atom. The molecule has 1 saturated heterocycles. The number of fused-ring (bicyclic) bond motifs is 2. The fourth-order valence-corrected chi connectivity index (χ4v) is 5.24. The van der Waals surface area contributed by atoms with E-state index in [9.17, 15) is 9.59 Å². The maximum atomic E-state index is 13.2. The molecule has 0 N–H and O–H groups in total. The first-order valence-electron chi connectivity index (χ1n) is 11.1. The summed E-state index contributed by atoms with van der Waals surface area (Å²) in [6, 6.07) is 3.58. The molecule has 2 aliphatic heterocycles. The minimum atomic E-state index is -0.490. The van der Waals surface area contributed by atoms with Gasteiger partial charge in [-0.1, -0.05) is 12.8 Å². The average molecular weight is 414 g/mol. The zero-order valence-electron chi connectivity index (χ0n) is 18.1. The van der Waals surface area contributed by atoms with Crippen LogP contribution in [-0.4, -0.2) is 48.7 Å². The number of rotatable bonds is 5. The van der Waals surface area contributed by atoms with E-state index in [2.05, 4.69) is 0 Å². The quantitative estimate of drug-likeness (QED) is 0.543. The van der Waals surface area contributed by atoms with E-state index < -0.39 is 6.04 Å². The van der Waals surface area contributed by atoms with Gasteiger partial charge in [0.1, 0.15) is 23.6 Å². The zero-order chi connectivity index (χ0) is 21.3. The van der Waals surface area contributed by atoms with E-state index in [0.29, 0.717) is 18.9 Å². The molecular formula is C24H31NO5. The Hall–Kier alpha value is -2.50. The fraction of sp³-hybridized carbons (Fsp3) is 0.583. The second-order valence-corrected chi connectivity index (χ2v) is 8.53. The number of carbonyl (C=O) groups is 2. The van der Waals surface area contributed by atoms with Crippen molar-refractivity contribution in [3.05, 3.63) is 29.3 Å². The monoisotopic (exact) mass is 413 g/mol. The number of amides is 1. The number of methoxy groups -OCH3 is 1. The Bertz CT molecular complexity index is 848. The van der Waals surface area contributed by atoms with Gasteiger partial charge in [0.25, 0.3) is 0 Å². The Labute approximate surface area is 178 Å². The van der Waals surface area contributed by atoms with Crippen LogP contribution in [0.25, 0.3) is 6.08 Å². The molecule has 1 aromatic carbocycles. The summed E-state index contributed by atoms with van der Waals surface area (Å²) in [5.74, 6) is 1.52. The molecular weight excluding hydrogens is 382 g/mol. The van der Waals surface area contributed by atoms with E-state index in [1.165, 1.54) is 7.11 Å². The first-order valence-corrected chi connectivity index (χ1v) is 11.1. The third kappa shape index (κ3) is 3.92. The van der Waals surface area contributed by atoms with Crippen molar-refractivity contribution in [1.29, 1.82) is 0 Å². The van der Waals surface area contributed by atoms with Crippen LogP contribution in [0, 0.1) is 5.92 Å². The maximum Gasteiger partial charge on any atom is 0.328 e. The second-order valence-electron chi connectivity index (χ2n) is 8.53. The molecule has 2 heterocycles. The SMILES string of the molecule is CCOc1cc2c(cc1/C=C/C(=O)N1C(C(=O)OC)CC3CCCCC31)OC(C)C2. The number of hydrogen-bond donors (Lipinski definition) is 0. The maximum absolute atomic E-state index is 13.2. The second kappa shape index (κ2) is 8.70. The summed E-state index contributed by atoms with van der Waals surface area (Å²) in [7, 11) is 1.39. The first-order chi connectivity index (χ1) is 14.5. The van der Waals surface area contributed by atoms with Gasteiger partial charge in [0.15, 0.2) is 0 Å². The molecule has 4 rings (SSSR count). The summed E-state index contributed by atoms with van der Waals surface area (Å²) in [6.07, 6.45) is 9.33. The van der Waals surface area contributed by atoms with Gasteiger partial charge in [0, 0.05) is 29.7 Å². The minimum Gasteiger partial charge on any atom is -0.493 e. The van der Waals surface area contributed by atoms with Crippen molar-refractivity contribution >= 4 is 18.0 Å². The Morgan fingerprint density at radius 1 is 1.27 bits per heavy atom. The van der Waals surface area contributed by atoms with Crippen molar-refractivity contribution in [3.63, 3.8) is 0 Å². The molecule has 162 valence electrons. The molecule has 1 aliphatic carbocycles. The highest BCUT2D eigenvalue weighted by Crippen LogP contribution is 2.40. The van der Waals surface area contributed by atoms with E-state index in [1.54, 1.807) is 17.1 Å². The lowest BCUT2D eigenvalue weighted by atomic mass is 9.85. The Morgan fingerprint density at radius 3 is 2.83 bits per heavy atom. The molecule has 4 atom stereocenters. The number of likely N-dealkylation sites (tertiary alicyclic amines) is 1. The molecule has 0 radical (unpaired) electrons. The fourth-order valence-electron chi connectivity index (χ4n) is 5.24. The van der Waals surface area contributed by atoms with Gasteiger partial charge in [-0.25, -0.2) is 4.79 Å². The lowest BCUT2D eigenvalue weighted by Gasteiger charge is -2.32. The predicted molar refractivity (Wildman–Crippen MR) is 113 cm³/mol. The summed E-state index contributed by atoms with van der Waals surface area (Å²) in [4.78, 5) is 27.3. The van der Waals surface area contributed by atoms with Gasteiger partial charge in [-0.2, -0.15) is 0 Å². The molecule has 1 aromatic rings. The molecule has 0 bridgehead atoms. The van der Waals surface area contributed by atoms with Gasteiger partial charge in [-0.05, 0) is 57.2 Å². The summed E-state index contributed by atoms with van der Waals surface area (Å²) in [6.45, 7) is 4.53. The molecule has 1 saturated carbocycles. The number of benzene rings is 1. The lowest BCUT2D eigenvalue weighted by Crippen LogP contribution is -2.45. The Balaban J connectivity index is 1.59. The normalized spacial score (nSPS) is 27.5. The molecule has 4 unspecified atom stereocenters. The predicted octanol–water partition coefficient (Wildman–Crippen LogP) is 3.75. The van der Waals surface area contributed by atoms with Crippen LogP contribution in [0.1, 0.15) is 57.1 Å². The highest BCUT2D eigenvalue weighted by molar-refractivity contribution is 5.95. The molecule has 0 aromatic heterocycles. The number of carbonyl (C=O) groups excluding carboxylic acids is 2. The lowest BCUT2D eigenvalue weighted by molar-refractivity contribution is -0.150. The zero-order valence-corrected chi connectivity index (χ0v) is 18.1. The molecule has 6 nitrogen and oxygen atoms in total. The van der Waals surface area contributed by atoms with Gasteiger partial charge in [0.05, 0.1) is 13.7 Å². The van der Waals surface area contributed by atoms with Crippen LogP contribution in [0.5, 0.6) is 11.5 Å². The highest BCUT2D eigenvalue weighted by Gasteiger charge is 2.47. The van der Waals surface area contributed by atoms with Crippen LogP contribution in [0.15, 0.2) is 18.2 Å². The van der Waals surface area contributed by atoms with E-state index in [-0.39, 0.29) is 24.0 Å². The third-order valence-electron chi connectivity index (χ3n) is 6.55. The number of hydrogen-bond acceptors (Lipinski definition) is 5. The van der Waals surface area contributed by atoms with Crippen LogP contribution >= 0.6 is 0 Å². The molecule has 6 heteroatoms. The number of esters is 1. The molecule has 2 fully saturated rings. The largest absolute Gasteiger partial charge is 0.493 e. The van der Waals surface area contributed by atoms with E-state index in [1.807, 2.05) is 26.0 Å². The molecule has 1 amide bonds. The van der Waals surface area contributed by atoms with Crippen LogP contribution in [0.2, 0.25) is 0 Å². The van der Waals surface area contributed by atoms with Gasteiger partial charge >= 0.3 is 5.97 Å². The van der Waals surface area contributed by atoms with Gasteiger partial charge in [-0.3, -0.25) is 4.79 Å². The van der Waals surface area contributed by atoms with Crippen LogP contribution < -0.4 is 9.47 Å². The van der Waals surface area contributed by atoms with Crippen molar-refractivity contribution in [3.8, 4) is 11.5 Å².